The van der Waals surface area contributed by atoms with Crippen molar-refractivity contribution >= 4 is 0 Å². The van der Waals surface area contributed by atoms with Crippen LogP contribution >= 0.6 is 0 Å². The molecule has 0 amide bonds. The van der Waals surface area contributed by atoms with E-state index in [1.54, 1.807) is 6.92 Å². The minimum atomic E-state index is -2.62. The van der Waals surface area contributed by atoms with Crippen molar-refractivity contribution in [3.8, 4) is 0 Å². The lowest BCUT2D eigenvalue weighted by atomic mass is 10.2. The summed E-state index contributed by atoms with van der Waals surface area (Å²) < 4.78 is 28.9. The lowest BCUT2D eigenvalue weighted by molar-refractivity contribution is -0.0700. The van der Waals surface area contributed by atoms with Crippen LogP contribution in [-0.4, -0.2) is 19.6 Å². The largest absolute Gasteiger partial charge is 0.378 e. The highest BCUT2D eigenvalue weighted by atomic mass is 19.3. The van der Waals surface area contributed by atoms with E-state index in [2.05, 4.69) is 4.74 Å². The fourth-order valence-electron chi connectivity index (χ4n) is 0.649. The van der Waals surface area contributed by atoms with Crippen molar-refractivity contribution in [2.75, 3.05) is 13.7 Å². The first-order chi connectivity index (χ1) is 5.12. The zero-order valence-electron chi connectivity index (χ0n) is 7.79. The minimum Gasteiger partial charge on any atom is -0.378 e. The Morgan fingerprint density at radius 2 is 1.73 bits per heavy atom. The molecule has 0 aliphatic carbocycles. The number of methoxy groups -OCH3 is 1. The summed E-state index contributed by atoms with van der Waals surface area (Å²) >= 11 is 0. The van der Waals surface area contributed by atoms with Crippen LogP contribution in [0.25, 0.3) is 0 Å². The summed E-state index contributed by atoms with van der Waals surface area (Å²) in [5, 5.41) is 0. The molecule has 11 heavy (non-hydrogen) atoms. The topological polar surface area (TPSA) is 9.23 Å². The number of rotatable bonds is 4. The SMILES string of the molecule is CC.CCCC(F)(F)COC. The van der Waals surface area contributed by atoms with Crippen LogP contribution in [0.15, 0.2) is 0 Å². The molecule has 0 aromatic rings. The standard InChI is InChI=1S/C6H12F2O.C2H6/c1-3-4-6(7,8)5-9-2;1-2/h3-5H2,1-2H3;1-2H3. The van der Waals surface area contributed by atoms with Crippen molar-refractivity contribution in [3.63, 3.8) is 0 Å². The van der Waals surface area contributed by atoms with E-state index in [1.165, 1.54) is 7.11 Å². The molecule has 0 heterocycles. The molecule has 0 aliphatic rings. The van der Waals surface area contributed by atoms with E-state index in [9.17, 15) is 8.78 Å². The van der Waals surface area contributed by atoms with Crippen molar-refractivity contribution < 1.29 is 13.5 Å². The Bertz CT molecular complexity index is 66.5. The Balaban J connectivity index is 0. The maximum atomic E-state index is 12.3. The van der Waals surface area contributed by atoms with Gasteiger partial charge in [0.05, 0.1) is 0 Å². The van der Waals surface area contributed by atoms with E-state index in [-0.39, 0.29) is 6.42 Å². The third kappa shape index (κ3) is 9.82. The number of ether oxygens (including phenoxy) is 1. The van der Waals surface area contributed by atoms with Crippen molar-refractivity contribution in [1.29, 1.82) is 0 Å². The lowest BCUT2D eigenvalue weighted by Crippen LogP contribution is -2.22. The van der Waals surface area contributed by atoms with Gasteiger partial charge in [-0.2, -0.15) is 0 Å². The molecule has 0 spiro atoms. The molecule has 0 saturated carbocycles. The minimum absolute atomic E-state index is 0.0825. The van der Waals surface area contributed by atoms with Gasteiger partial charge in [-0.05, 0) is 0 Å². The van der Waals surface area contributed by atoms with Gasteiger partial charge in [0.1, 0.15) is 6.61 Å². The molecule has 3 heteroatoms. The average Bonchev–Trinajstić information content (AvgIpc) is 1.91. The van der Waals surface area contributed by atoms with Gasteiger partial charge < -0.3 is 4.74 Å². The molecule has 0 aliphatic heterocycles. The predicted molar refractivity (Wildman–Crippen MR) is 43.1 cm³/mol. The molecule has 0 fully saturated rings. The van der Waals surface area contributed by atoms with Crippen LogP contribution in [0.4, 0.5) is 8.78 Å². The molecule has 0 rings (SSSR count). The van der Waals surface area contributed by atoms with E-state index >= 15 is 0 Å². The Morgan fingerprint density at radius 1 is 1.27 bits per heavy atom. The first kappa shape index (κ1) is 13.4. The van der Waals surface area contributed by atoms with Crippen LogP contribution in [0, 0.1) is 0 Å². The molecule has 0 saturated heterocycles. The van der Waals surface area contributed by atoms with Crippen LogP contribution in [0.2, 0.25) is 0 Å². The lowest BCUT2D eigenvalue weighted by Gasteiger charge is -2.12. The summed E-state index contributed by atoms with van der Waals surface area (Å²) in [5.41, 5.74) is 0. The number of halogens is 2. The number of hydrogen-bond acceptors (Lipinski definition) is 1. The molecule has 1 nitrogen and oxygen atoms in total. The van der Waals surface area contributed by atoms with Gasteiger partial charge in [0.15, 0.2) is 0 Å². The van der Waals surface area contributed by atoms with Crippen LogP contribution in [0.1, 0.15) is 33.6 Å². The van der Waals surface area contributed by atoms with Crippen LogP contribution < -0.4 is 0 Å². The fourth-order valence-corrected chi connectivity index (χ4v) is 0.649. The van der Waals surface area contributed by atoms with E-state index in [1.807, 2.05) is 13.8 Å². The first-order valence-electron chi connectivity index (χ1n) is 3.99. The molecule has 0 N–H and O–H groups in total. The van der Waals surface area contributed by atoms with Crippen molar-refractivity contribution in [2.45, 2.75) is 39.5 Å². The van der Waals surface area contributed by atoms with Gasteiger partial charge in [-0.25, -0.2) is 8.78 Å². The Labute approximate surface area is 67.7 Å². The summed E-state index contributed by atoms with van der Waals surface area (Å²) in [6, 6.07) is 0. The van der Waals surface area contributed by atoms with Gasteiger partial charge in [-0.3, -0.25) is 0 Å². The van der Waals surface area contributed by atoms with Crippen LogP contribution in [0.3, 0.4) is 0 Å². The maximum absolute atomic E-state index is 12.3. The number of alkyl halides is 2. The predicted octanol–water partition coefficient (Wildman–Crippen LogP) is 3.09. The summed E-state index contributed by atoms with van der Waals surface area (Å²) in [7, 11) is 1.28. The zero-order chi connectivity index (χ0) is 9.33. The first-order valence-corrected chi connectivity index (χ1v) is 3.99. The van der Waals surface area contributed by atoms with Crippen molar-refractivity contribution in [1.82, 2.24) is 0 Å². The van der Waals surface area contributed by atoms with Crippen molar-refractivity contribution in [3.05, 3.63) is 0 Å². The summed E-state index contributed by atoms with van der Waals surface area (Å²) in [4.78, 5) is 0. The Morgan fingerprint density at radius 3 is 2.00 bits per heavy atom. The molecule has 0 aromatic carbocycles. The molecular formula is C8H18F2O. The molecule has 0 unspecified atom stereocenters. The third-order valence-corrected chi connectivity index (χ3v) is 0.971. The van der Waals surface area contributed by atoms with Gasteiger partial charge in [0, 0.05) is 13.5 Å². The van der Waals surface area contributed by atoms with E-state index < -0.39 is 12.5 Å². The Hall–Kier alpha value is -0.180. The van der Waals surface area contributed by atoms with Gasteiger partial charge in [-0.15, -0.1) is 0 Å². The van der Waals surface area contributed by atoms with E-state index in [4.69, 9.17) is 0 Å². The highest BCUT2D eigenvalue weighted by molar-refractivity contribution is 4.62. The van der Waals surface area contributed by atoms with E-state index in [0.717, 1.165) is 0 Å². The summed E-state index contributed by atoms with van der Waals surface area (Å²) in [6.07, 6.45) is 0.414. The highest BCUT2D eigenvalue weighted by Crippen LogP contribution is 2.19. The summed E-state index contributed by atoms with van der Waals surface area (Å²) in [6.45, 7) is 5.27. The van der Waals surface area contributed by atoms with Gasteiger partial charge in [-0.1, -0.05) is 27.2 Å². The second-order valence-electron chi connectivity index (χ2n) is 2.04. The normalized spacial score (nSPS) is 10.4. The molecule has 0 atom stereocenters. The number of hydrogen-bond donors (Lipinski definition) is 0. The molecule has 70 valence electrons. The summed E-state index contributed by atoms with van der Waals surface area (Å²) in [5.74, 6) is -2.62. The second-order valence-corrected chi connectivity index (χ2v) is 2.04. The zero-order valence-corrected chi connectivity index (χ0v) is 7.79. The Kier molecular flexibility index (Phi) is 9.66. The average molecular weight is 168 g/mol. The third-order valence-electron chi connectivity index (χ3n) is 0.971. The molecule has 0 aromatic heterocycles. The van der Waals surface area contributed by atoms with Gasteiger partial charge >= 0.3 is 0 Å². The molecular weight excluding hydrogens is 150 g/mol. The fraction of sp³-hybridized carbons (Fsp3) is 1.00. The maximum Gasteiger partial charge on any atom is 0.270 e. The van der Waals surface area contributed by atoms with E-state index in [0.29, 0.717) is 6.42 Å². The van der Waals surface area contributed by atoms with Gasteiger partial charge in [0.25, 0.3) is 5.92 Å². The van der Waals surface area contributed by atoms with Crippen molar-refractivity contribution in [2.24, 2.45) is 0 Å². The van der Waals surface area contributed by atoms with Crippen LogP contribution in [-0.2, 0) is 4.74 Å². The monoisotopic (exact) mass is 168 g/mol. The molecule has 0 bridgehead atoms. The van der Waals surface area contributed by atoms with Crippen LogP contribution in [0.5, 0.6) is 0 Å². The van der Waals surface area contributed by atoms with Gasteiger partial charge in [0.2, 0.25) is 0 Å². The molecule has 0 radical (unpaired) electrons. The second kappa shape index (κ2) is 7.92. The highest BCUT2D eigenvalue weighted by Gasteiger charge is 2.26. The smallest absolute Gasteiger partial charge is 0.270 e. The quantitative estimate of drug-likeness (QED) is 0.626.